The maximum atomic E-state index is 13.0. The van der Waals surface area contributed by atoms with Crippen molar-refractivity contribution in [2.75, 3.05) is 20.2 Å². The lowest BCUT2D eigenvalue weighted by molar-refractivity contribution is -0.140. The van der Waals surface area contributed by atoms with Gasteiger partial charge in [-0.15, -0.1) is 0 Å². The van der Waals surface area contributed by atoms with E-state index in [4.69, 9.17) is 0 Å². The summed E-state index contributed by atoms with van der Waals surface area (Å²) >= 11 is 0. The highest BCUT2D eigenvalue weighted by atomic mass is 32.2. The number of hydrogen-bond acceptors (Lipinski definition) is 5. The van der Waals surface area contributed by atoms with Crippen molar-refractivity contribution in [1.82, 2.24) is 9.62 Å². The topological polar surface area (TPSA) is 92.8 Å². The Morgan fingerprint density at radius 1 is 1.28 bits per heavy atom. The summed E-state index contributed by atoms with van der Waals surface area (Å²) in [6, 6.07) is 3.67. The first-order valence-corrected chi connectivity index (χ1v) is 9.42. The number of sulfonamides is 1. The van der Waals surface area contributed by atoms with Crippen LogP contribution in [-0.4, -0.2) is 50.8 Å². The molecule has 1 heterocycles. The lowest BCUT2D eigenvalue weighted by atomic mass is 10.0. The number of rotatable bonds is 6. The molecular weight excluding hydrogens is 351 g/mol. The van der Waals surface area contributed by atoms with Gasteiger partial charge in [-0.1, -0.05) is 6.42 Å². The first-order chi connectivity index (χ1) is 11.9. The third-order valence-electron chi connectivity index (χ3n) is 4.03. The van der Waals surface area contributed by atoms with E-state index in [1.165, 1.54) is 19.2 Å². The smallest absolute Gasteiger partial charge is 0.307 e. The van der Waals surface area contributed by atoms with Crippen molar-refractivity contribution >= 4 is 21.9 Å². The van der Waals surface area contributed by atoms with Crippen molar-refractivity contribution in [1.29, 1.82) is 0 Å². The normalized spacial score (nSPS) is 18.6. The maximum absolute atomic E-state index is 13.0. The summed E-state index contributed by atoms with van der Waals surface area (Å²) in [5.41, 5.74) is 0. The van der Waals surface area contributed by atoms with E-state index in [0.29, 0.717) is 12.8 Å². The Morgan fingerprint density at radius 3 is 2.60 bits per heavy atom. The molecule has 1 aliphatic rings. The fourth-order valence-corrected chi connectivity index (χ4v) is 4.36. The second kappa shape index (κ2) is 8.39. The van der Waals surface area contributed by atoms with Crippen LogP contribution in [0.15, 0.2) is 29.2 Å². The highest BCUT2D eigenvalue weighted by molar-refractivity contribution is 7.89. The second-order valence-electron chi connectivity index (χ2n) is 5.70. The predicted octanol–water partition coefficient (Wildman–Crippen LogP) is 1.05. The zero-order valence-corrected chi connectivity index (χ0v) is 14.7. The van der Waals surface area contributed by atoms with E-state index >= 15 is 0 Å². The lowest BCUT2D eigenvalue weighted by Crippen LogP contribution is -2.52. The minimum absolute atomic E-state index is 0.0136. The van der Waals surface area contributed by atoms with Crippen LogP contribution in [0, 0.1) is 5.82 Å². The Labute approximate surface area is 146 Å². The van der Waals surface area contributed by atoms with Crippen molar-refractivity contribution in [3.8, 4) is 0 Å². The fourth-order valence-electron chi connectivity index (χ4n) is 2.70. The largest absolute Gasteiger partial charge is 0.469 e. The van der Waals surface area contributed by atoms with Gasteiger partial charge < -0.3 is 10.1 Å². The molecule has 1 aliphatic heterocycles. The van der Waals surface area contributed by atoms with Gasteiger partial charge in [0.2, 0.25) is 15.9 Å². The molecule has 1 N–H and O–H groups in total. The van der Waals surface area contributed by atoms with Gasteiger partial charge in [-0.25, -0.2) is 12.8 Å². The van der Waals surface area contributed by atoms with Gasteiger partial charge in [-0.3, -0.25) is 9.59 Å². The molecule has 1 unspecified atom stereocenters. The van der Waals surface area contributed by atoms with E-state index < -0.39 is 33.8 Å². The molecule has 1 fully saturated rings. The van der Waals surface area contributed by atoms with Crippen molar-refractivity contribution in [3.63, 3.8) is 0 Å². The van der Waals surface area contributed by atoms with E-state index in [-0.39, 0.29) is 24.4 Å². The molecule has 0 aliphatic carbocycles. The summed E-state index contributed by atoms with van der Waals surface area (Å²) < 4.78 is 44.3. The standard InChI is InChI=1S/C16H21FN2O5S/c1-24-15(20)9-10-18-16(21)14-4-2-3-11-19(14)25(22,23)13-7-5-12(17)6-8-13/h5-8,14H,2-4,9-11H2,1H3,(H,18,21). The Kier molecular flexibility index (Phi) is 6.49. The van der Waals surface area contributed by atoms with Crippen LogP contribution >= 0.6 is 0 Å². The number of carbonyl (C=O) groups is 2. The molecule has 1 atom stereocenters. The van der Waals surface area contributed by atoms with Gasteiger partial charge in [0.05, 0.1) is 18.4 Å². The third kappa shape index (κ3) is 4.76. The van der Waals surface area contributed by atoms with Crippen molar-refractivity contribution in [2.24, 2.45) is 0 Å². The number of ether oxygens (including phenoxy) is 1. The number of halogens is 1. The van der Waals surface area contributed by atoms with E-state index in [1.807, 2.05) is 0 Å². The van der Waals surface area contributed by atoms with Crippen LogP contribution in [0.2, 0.25) is 0 Å². The molecule has 2 rings (SSSR count). The van der Waals surface area contributed by atoms with Crippen LogP contribution in [0.4, 0.5) is 4.39 Å². The summed E-state index contributed by atoms with van der Waals surface area (Å²) in [6.07, 6.45) is 1.78. The molecule has 0 aromatic heterocycles. The van der Waals surface area contributed by atoms with Crippen LogP contribution in [-0.2, 0) is 24.3 Å². The van der Waals surface area contributed by atoms with E-state index in [0.717, 1.165) is 22.9 Å². The molecule has 0 spiro atoms. The Bertz CT molecular complexity index is 721. The van der Waals surface area contributed by atoms with Crippen LogP contribution in [0.5, 0.6) is 0 Å². The summed E-state index contributed by atoms with van der Waals surface area (Å²) in [5.74, 6) is -1.44. The first kappa shape index (κ1) is 19.3. The number of hydrogen-bond donors (Lipinski definition) is 1. The summed E-state index contributed by atoms with van der Waals surface area (Å²) in [7, 11) is -2.65. The fraction of sp³-hybridized carbons (Fsp3) is 0.500. The summed E-state index contributed by atoms with van der Waals surface area (Å²) in [5, 5.41) is 2.57. The molecule has 138 valence electrons. The van der Waals surface area contributed by atoms with Crippen LogP contribution in [0.1, 0.15) is 25.7 Å². The average molecular weight is 372 g/mol. The highest BCUT2D eigenvalue weighted by Crippen LogP contribution is 2.25. The number of amides is 1. The molecule has 7 nitrogen and oxygen atoms in total. The van der Waals surface area contributed by atoms with Crippen LogP contribution < -0.4 is 5.32 Å². The molecular formula is C16H21FN2O5S. The van der Waals surface area contributed by atoms with E-state index in [9.17, 15) is 22.4 Å². The van der Waals surface area contributed by atoms with Gasteiger partial charge in [0.25, 0.3) is 0 Å². The molecule has 0 radical (unpaired) electrons. The first-order valence-electron chi connectivity index (χ1n) is 7.98. The Hall–Kier alpha value is -2.00. The molecule has 1 saturated heterocycles. The monoisotopic (exact) mass is 372 g/mol. The number of esters is 1. The number of benzene rings is 1. The molecule has 9 heteroatoms. The quantitative estimate of drug-likeness (QED) is 0.754. The predicted molar refractivity (Wildman–Crippen MR) is 87.6 cm³/mol. The number of piperidine rings is 1. The number of nitrogens with zero attached hydrogens (tertiary/aromatic N) is 1. The third-order valence-corrected chi connectivity index (χ3v) is 5.95. The average Bonchev–Trinajstić information content (AvgIpc) is 2.61. The second-order valence-corrected chi connectivity index (χ2v) is 7.59. The van der Waals surface area contributed by atoms with Gasteiger partial charge in [0.1, 0.15) is 11.9 Å². The summed E-state index contributed by atoms with van der Waals surface area (Å²) in [4.78, 5) is 23.4. The number of nitrogens with one attached hydrogen (secondary N) is 1. The number of carbonyl (C=O) groups excluding carboxylic acids is 2. The van der Waals surface area contributed by atoms with E-state index in [2.05, 4.69) is 10.1 Å². The Morgan fingerprint density at radius 2 is 1.96 bits per heavy atom. The van der Waals surface area contributed by atoms with Crippen molar-refractivity contribution in [2.45, 2.75) is 36.6 Å². The van der Waals surface area contributed by atoms with Gasteiger partial charge >= 0.3 is 5.97 Å². The van der Waals surface area contributed by atoms with Gasteiger partial charge in [0, 0.05) is 13.1 Å². The number of methoxy groups -OCH3 is 1. The van der Waals surface area contributed by atoms with Gasteiger partial charge in [-0.2, -0.15) is 4.31 Å². The minimum Gasteiger partial charge on any atom is -0.469 e. The van der Waals surface area contributed by atoms with Crippen LogP contribution in [0.25, 0.3) is 0 Å². The van der Waals surface area contributed by atoms with Gasteiger partial charge in [0.15, 0.2) is 0 Å². The molecule has 1 amide bonds. The molecule has 0 saturated carbocycles. The lowest BCUT2D eigenvalue weighted by Gasteiger charge is -2.33. The maximum Gasteiger partial charge on any atom is 0.307 e. The van der Waals surface area contributed by atoms with Gasteiger partial charge in [-0.05, 0) is 37.1 Å². The van der Waals surface area contributed by atoms with Crippen molar-refractivity contribution in [3.05, 3.63) is 30.1 Å². The minimum atomic E-state index is -3.90. The Balaban J connectivity index is 2.12. The molecule has 0 bridgehead atoms. The van der Waals surface area contributed by atoms with Crippen molar-refractivity contribution < 1.29 is 27.1 Å². The summed E-state index contributed by atoms with van der Waals surface area (Å²) in [6.45, 7) is 0.293. The van der Waals surface area contributed by atoms with E-state index in [1.54, 1.807) is 0 Å². The molecule has 1 aromatic rings. The van der Waals surface area contributed by atoms with Crippen LogP contribution in [0.3, 0.4) is 0 Å². The SMILES string of the molecule is COC(=O)CCNC(=O)C1CCCCN1S(=O)(=O)c1ccc(F)cc1. The zero-order valence-electron chi connectivity index (χ0n) is 13.9. The highest BCUT2D eigenvalue weighted by Gasteiger charge is 2.37. The zero-order chi connectivity index (χ0) is 18.4. The molecule has 1 aromatic carbocycles. The molecule has 25 heavy (non-hydrogen) atoms.